The maximum atomic E-state index is 9.00. The average Bonchev–Trinajstić information content (AvgIpc) is 2.31. The number of aliphatic hydroxyl groups excluding tert-OH is 2. The predicted molar refractivity (Wildman–Crippen MR) is 64.5 cm³/mol. The van der Waals surface area contributed by atoms with Crippen molar-refractivity contribution in [3.63, 3.8) is 0 Å². The molecule has 0 atom stereocenters. The zero-order valence-electron chi connectivity index (χ0n) is 9.98. The molecule has 90 valence electrons. The van der Waals surface area contributed by atoms with Crippen molar-refractivity contribution in [2.24, 2.45) is 0 Å². The Morgan fingerprint density at radius 2 is 2.12 bits per heavy atom. The van der Waals surface area contributed by atoms with E-state index < -0.39 is 0 Å². The van der Waals surface area contributed by atoms with Crippen molar-refractivity contribution in [2.75, 3.05) is 24.6 Å². The normalized spacial score (nSPS) is 10.5. The molecule has 4 heteroatoms. The topological polar surface area (TPSA) is 56.6 Å². The monoisotopic (exact) mass is 224 g/mol. The lowest BCUT2D eigenvalue weighted by Gasteiger charge is -2.23. The van der Waals surface area contributed by atoms with Gasteiger partial charge in [0.1, 0.15) is 5.82 Å². The molecular formula is C12H20N2O2. The molecule has 0 aromatic carbocycles. The van der Waals surface area contributed by atoms with Crippen molar-refractivity contribution >= 4 is 5.82 Å². The lowest BCUT2D eigenvalue weighted by molar-refractivity contribution is 0.281. The molecule has 16 heavy (non-hydrogen) atoms. The standard InChI is InChI=1S/C12H20N2O2/c1-3-14(5-4-6-15)12-10(2)7-11(9-16)8-13-12/h7-8,15-16H,3-6,9H2,1-2H3. The van der Waals surface area contributed by atoms with E-state index in [0.29, 0.717) is 0 Å². The van der Waals surface area contributed by atoms with Gasteiger partial charge in [-0.05, 0) is 37.5 Å². The zero-order valence-corrected chi connectivity index (χ0v) is 9.98. The number of aromatic nitrogens is 1. The molecule has 0 fully saturated rings. The summed E-state index contributed by atoms with van der Waals surface area (Å²) < 4.78 is 0. The maximum Gasteiger partial charge on any atom is 0.131 e. The Hall–Kier alpha value is -1.13. The van der Waals surface area contributed by atoms with E-state index in [9.17, 15) is 0 Å². The van der Waals surface area contributed by atoms with Crippen molar-refractivity contribution in [1.82, 2.24) is 4.98 Å². The Labute approximate surface area is 96.6 Å². The van der Waals surface area contributed by atoms with Crippen molar-refractivity contribution in [1.29, 1.82) is 0 Å². The molecule has 0 aliphatic heterocycles. The van der Waals surface area contributed by atoms with Gasteiger partial charge in [0.25, 0.3) is 0 Å². The van der Waals surface area contributed by atoms with E-state index in [1.165, 1.54) is 0 Å². The predicted octanol–water partition coefficient (Wildman–Crippen LogP) is 1.09. The van der Waals surface area contributed by atoms with Gasteiger partial charge in [-0.15, -0.1) is 0 Å². The summed E-state index contributed by atoms with van der Waals surface area (Å²) >= 11 is 0. The highest BCUT2D eigenvalue weighted by Gasteiger charge is 2.08. The fourth-order valence-corrected chi connectivity index (χ4v) is 1.72. The highest BCUT2D eigenvalue weighted by molar-refractivity contribution is 5.47. The summed E-state index contributed by atoms with van der Waals surface area (Å²) in [5.41, 5.74) is 1.89. The molecule has 0 saturated carbocycles. The van der Waals surface area contributed by atoms with E-state index in [1.54, 1.807) is 6.20 Å². The minimum atomic E-state index is 0.0247. The highest BCUT2D eigenvalue weighted by Crippen LogP contribution is 2.18. The minimum Gasteiger partial charge on any atom is -0.396 e. The fraction of sp³-hybridized carbons (Fsp3) is 0.583. The lowest BCUT2D eigenvalue weighted by atomic mass is 10.2. The van der Waals surface area contributed by atoms with Gasteiger partial charge in [-0.3, -0.25) is 0 Å². The van der Waals surface area contributed by atoms with Gasteiger partial charge in [0, 0.05) is 25.9 Å². The third-order valence-electron chi connectivity index (χ3n) is 2.56. The summed E-state index contributed by atoms with van der Waals surface area (Å²) in [6.07, 6.45) is 2.45. The van der Waals surface area contributed by atoms with E-state index in [2.05, 4.69) is 16.8 Å². The van der Waals surface area contributed by atoms with Gasteiger partial charge in [0.15, 0.2) is 0 Å². The molecule has 0 saturated heterocycles. The fourth-order valence-electron chi connectivity index (χ4n) is 1.72. The number of aliphatic hydroxyl groups is 2. The first-order valence-corrected chi connectivity index (χ1v) is 5.65. The summed E-state index contributed by atoms with van der Waals surface area (Å²) in [5, 5.41) is 17.8. The minimum absolute atomic E-state index is 0.0247. The van der Waals surface area contributed by atoms with E-state index in [0.717, 1.165) is 36.5 Å². The number of hydrogen-bond acceptors (Lipinski definition) is 4. The molecule has 0 aliphatic carbocycles. The van der Waals surface area contributed by atoms with Gasteiger partial charge in [-0.2, -0.15) is 0 Å². The first-order valence-electron chi connectivity index (χ1n) is 5.65. The summed E-state index contributed by atoms with van der Waals surface area (Å²) in [7, 11) is 0. The van der Waals surface area contributed by atoms with E-state index in [4.69, 9.17) is 10.2 Å². The smallest absolute Gasteiger partial charge is 0.131 e. The number of nitrogens with zero attached hydrogens (tertiary/aromatic N) is 2. The number of aryl methyl sites for hydroxylation is 1. The Morgan fingerprint density at radius 1 is 1.38 bits per heavy atom. The van der Waals surface area contributed by atoms with Crippen molar-refractivity contribution < 1.29 is 10.2 Å². The second kappa shape index (κ2) is 6.45. The van der Waals surface area contributed by atoms with E-state index >= 15 is 0 Å². The van der Waals surface area contributed by atoms with Crippen LogP contribution in [0.2, 0.25) is 0 Å². The molecule has 1 heterocycles. The van der Waals surface area contributed by atoms with E-state index in [-0.39, 0.29) is 13.2 Å². The SMILES string of the molecule is CCN(CCCO)c1ncc(CO)cc1C. The number of rotatable bonds is 6. The van der Waals surface area contributed by atoms with Crippen molar-refractivity contribution in [2.45, 2.75) is 26.9 Å². The van der Waals surface area contributed by atoms with Crippen LogP contribution in [0.1, 0.15) is 24.5 Å². The Kier molecular flexibility index (Phi) is 5.22. The van der Waals surface area contributed by atoms with Gasteiger partial charge >= 0.3 is 0 Å². The third-order valence-corrected chi connectivity index (χ3v) is 2.56. The molecule has 0 radical (unpaired) electrons. The number of pyridine rings is 1. The average molecular weight is 224 g/mol. The van der Waals surface area contributed by atoms with Gasteiger partial charge in [0.05, 0.1) is 6.61 Å². The summed E-state index contributed by atoms with van der Waals surface area (Å²) in [4.78, 5) is 6.49. The van der Waals surface area contributed by atoms with Crippen LogP contribution in [0.15, 0.2) is 12.3 Å². The van der Waals surface area contributed by atoms with Crippen LogP contribution in [0, 0.1) is 6.92 Å². The van der Waals surface area contributed by atoms with Gasteiger partial charge < -0.3 is 15.1 Å². The first kappa shape index (κ1) is 12.9. The van der Waals surface area contributed by atoms with Crippen molar-refractivity contribution in [3.8, 4) is 0 Å². The molecule has 1 aromatic heterocycles. The maximum absolute atomic E-state index is 9.00. The van der Waals surface area contributed by atoms with Gasteiger partial charge in [-0.25, -0.2) is 4.98 Å². The van der Waals surface area contributed by atoms with Crippen LogP contribution in [0.5, 0.6) is 0 Å². The Morgan fingerprint density at radius 3 is 2.62 bits per heavy atom. The highest BCUT2D eigenvalue weighted by atomic mass is 16.3. The summed E-state index contributed by atoms with van der Waals surface area (Å²) in [5.74, 6) is 0.938. The Bertz CT molecular complexity index is 329. The van der Waals surface area contributed by atoms with Crippen LogP contribution in [0.25, 0.3) is 0 Å². The Balaban J connectivity index is 2.83. The van der Waals surface area contributed by atoms with Crippen LogP contribution >= 0.6 is 0 Å². The molecule has 1 aromatic rings. The molecule has 0 aliphatic rings. The lowest BCUT2D eigenvalue weighted by Crippen LogP contribution is -2.26. The van der Waals surface area contributed by atoms with E-state index in [1.807, 2.05) is 13.0 Å². The molecule has 2 N–H and O–H groups in total. The van der Waals surface area contributed by atoms with Crippen LogP contribution in [0.3, 0.4) is 0 Å². The summed E-state index contributed by atoms with van der Waals surface area (Å²) in [6, 6.07) is 1.95. The second-order valence-corrected chi connectivity index (χ2v) is 3.80. The molecule has 0 amide bonds. The largest absolute Gasteiger partial charge is 0.396 e. The zero-order chi connectivity index (χ0) is 12.0. The molecule has 0 spiro atoms. The number of anilines is 1. The first-order chi connectivity index (χ1) is 7.72. The van der Waals surface area contributed by atoms with Crippen LogP contribution < -0.4 is 4.90 Å². The summed E-state index contributed by atoms with van der Waals surface area (Å²) in [6.45, 7) is 5.95. The van der Waals surface area contributed by atoms with Gasteiger partial charge in [0.2, 0.25) is 0 Å². The molecule has 0 bridgehead atoms. The molecule has 1 rings (SSSR count). The second-order valence-electron chi connectivity index (χ2n) is 3.80. The van der Waals surface area contributed by atoms with Crippen LogP contribution in [-0.4, -0.2) is 34.9 Å². The molecular weight excluding hydrogens is 204 g/mol. The quantitative estimate of drug-likeness (QED) is 0.759. The number of hydrogen-bond donors (Lipinski definition) is 2. The third kappa shape index (κ3) is 3.18. The molecule has 0 unspecified atom stereocenters. The van der Waals surface area contributed by atoms with Crippen LogP contribution in [-0.2, 0) is 6.61 Å². The molecule has 4 nitrogen and oxygen atoms in total. The van der Waals surface area contributed by atoms with Gasteiger partial charge in [-0.1, -0.05) is 0 Å². The van der Waals surface area contributed by atoms with Crippen molar-refractivity contribution in [3.05, 3.63) is 23.4 Å². The van der Waals surface area contributed by atoms with Crippen LogP contribution in [0.4, 0.5) is 5.82 Å².